The third-order valence-corrected chi connectivity index (χ3v) is 6.97. The number of carbonyl (C=O) groups excluding carboxylic acids is 1. The highest BCUT2D eigenvalue weighted by molar-refractivity contribution is 7.89. The van der Waals surface area contributed by atoms with Crippen LogP contribution in [-0.2, 0) is 14.8 Å². The van der Waals surface area contributed by atoms with Crippen molar-refractivity contribution >= 4 is 27.3 Å². The van der Waals surface area contributed by atoms with Crippen LogP contribution in [0.5, 0.6) is 0 Å². The minimum atomic E-state index is -3.64. The lowest BCUT2D eigenvalue weighted by Gasteiger charge is -2.35. The highest BCUT2D eigenvalue weighted by Crippen LogP contribution is 2.20. The van der Waals surface area contributed by atoms with Crippen molar-refractivity contribution in [2.24, 2.45) is 0 Å². The van der Waals surface area contributed by atoms with E-state index in [-0.39, 0.29) is 0 Å². The van der Waals surface area contributed by atoms with E-state index in [2.05, 4.69) is 16.3 Å². The molecule has 1 saturated heterocycles. The van der Waals surface area contributed by atoms with Gasteiger partial charge in [-0.3, -0.25) is 4.79 Å². The van der Waals surface area contributed by atoms with Crippen molar-refractivity contribution < 1.29 is 13.2 Å². The lowest BCUT2D eigenvalue weighted by molar-refractivity contribution is -0.113. The van der Waals surface area contributed by atoms with Gasteiger partial charge in [-0.1, -0.05) is 24.3 Å². The number of carbonyl (C=O) groups is 1. The normalized spacial score (nSPS) is 15.5. The van der Waals surface area contributed by atoms with E-state index < -0.39 is 21.7 Å². The van der Waals surface area contributed by atoms with Crippen LogP contribution in [0.4, 0.5) is 11.4 Å². The molecule has 0 spiro atoms. The summed E-state index contributed by atoms with van der Waals surface area (Å²) < 4.78 is 26.8. The molecule has 0 radical (unpaired) electrons. The maximum absolute atomic E-state index is 12.7. The minimum absolute atomic E-state index is 0.382. The number of anilines is 2. The molecule has 1 aliphatic heterocycles. The number of rotatable bonds is 5. The number of sulfonamides is 1. The monoisotopic (exact) mass is 401 g/mol. The summed E-state index contributed by atoms with van der Waals surface area (Å²) in [5.74, 6) is -1.04. The Balaban J connectivity index is 1.59. The Hall–Kier alpha value is -2.38. The number of nitrogens with one attached hydrogen (secondary N) is 1. The van der Waals surface area contributed by atoms with Crippen LogP contribution in [0.2, 0.25) is 0 Å². The fourth-order valence-electron chi connectivity index (χ4n) is 3.38. The van der Waals surface area contributed by atoms with Crippen LogP contribution in [0.25, 0.3) is 0 Å². The van der Waals surface area contributed by atoms with Gasteiger partial charge in [0.25, 0.3) is 0 Å². The Kier molecular flexibility index (Phi) is 6.05. The summed E-state index contributed by atoms with van der Waals surface area (Å²) in [5.41, 5.74) is 4.93. The molecule has 2 aromatic rings. The number of benzene rings is 2. The first-order valence-corrected chi connectivity index (χ1v) is 11.0. The number of nitrogens with zero attached hydrogens (tertiary/aromatic N) is 2. The van der Waals surface area contributed by atoms with E-state index in [9.17, 15) is 13.2 Å². The molecule has 0 aliphatic carbocycles. The molecule has 0 saturated carbocycles. The highest BCUT2D eigenvalue weighted by atomic mass is 32.2. The molecule has 1 fully saturated rings. The van der Waals surface area contributed by atoms with Crippen molar-refractivity contribution in [3.05, 3.63) is 59.2 Å². The first-order valence-electron chi connectivity index (χ1n) is 9.42. The Morgan fingerprint density at radius 1 is 1.00 bits per heavy atom. The van der Waals surface area contributed by atoms with E-state index in [0.29, 0.717) is 31.9 Å². The summed E-state index contributed by atoms with van der Waals surface area (Å²) >= 11 is 0. The predicted molar refractivity (Wildman–Crippen MR) is 113 cm³/mol. The van der Waals surface area contributed by atoms with Crippen LogP contribution in [0.1, 0.15) is 16.7 Å². The summed E-state index contributed by atoms with van der Waals surface area (Å²) in [6.07, 6.45) is 0. The van der Waals surface area contributed by atoms with Crippen molar-refractivity contribution in [3.8, 4) is 0 Å². The summed E-state index contributed by atoms with van der Waals surface area (Å²) in [6.45, 7) is 7.89. The molecule has 3 rings (SSSR count). The second kappa shape index (κ2) is 8.32. The Bertz CT molecular complexity index is 965. The molecule has 1 amide bonds. The van der Waals surface area contributed by atoms with Gasteiger partial charge in [-0.2, -0.15) is 4.31 Å². The quantitative estimate of drug-likeness (QED) is 0.836. The average molecular weight is 402 g/mol. The van der Waals surface area contributed by atoms with E-state index >= 15 is 0 Å². The molecular formula is C21H27N3O3S. The van der Waals surface area contributed by atoms with Gasteiger partial charge < -0.3 is 10.2 Å². The SMILES string of the molecule is Cc1cccc(N2CCN(S(=O)(=O)CC(=O)Nc3cccc(C)c3C)CC2)c1. The summed E-state index contributed by atoms with van der Waals surface area (Å²) in [7, 11) is -3.64. The van der Waals surface area contributed by atoms with Gasteiger partial charge in [0.1, 0.15) is 5.75 Å². The van der Waals surface area contributed by atoms with Crippen LogP contribution in [-0.4, -0.2) is 50.6 Å². The largest absolute Gasteiger partial charge is 0.369 e. The molecule has 0 atom stereocenters. The second-order valence-corrected chi connectivity index (χ2v) is 9.25. The van der Waals surface area contributed by atoms with Crippen molar-refractivity contribution in [2.75, 3.05) is 42.1 Å². The molecule has 2 aromatic carbocycles. The maximum Gasteiger partial charge on any atom is 0.241 e. The zero-order valence-corrected chi connectivity index (χ0v) is 17.4. The van der Waals surface area contributed by atoms with Gasteiger partial charge in [-0.15, -0.1) is 0 Å². The van der Waals surface area contributed by atoms with Gasteiger partial charge >= 0.3 is 0 Å². The standard InChI is InChI=1S/C21H27N3O3S/c1-16-6-4-8-19(14-16)23-10-12-24(13-11-23)28(26,27)15-21(25)22-20-9-5-7-17(2)18(20)3/h4-9,14H,10-13,15H2,1-3H3,(H,22,25). The molecule has 0 bridgehead atoms. The number of hydrogen-bond acceptors (Lipinski definition) is 4. The van der Waals surface area contributed by atoms with E-state index in [1.54, 1.807) is 6.07 Å². The van der Waals surface area contributed by atoms with Crippen LogP contribution < -0.4 is 10.2 Å². The highest BCUT2D eigenvalue weighted by Gasteiger charge is 2.29. The van der Waals surface area contributed by atoms with Crippen molar-refractivity contribution in [1.29, 1.82) is 0 Å². The molecule has 0 aromatic heterocycles. The molecule has 1 N–H and O–H groups in total. The third kappa shape index (κ3) is 4.72. The lowest BCUT2D eigenvalue weighted by atomic mass is 10.1. The predicted octanol–water partition coefficient (Wildman–Crippen LogP) is 2.70. The summed E-state index contributed by atoms with van der Waals surface area (Å²) in [4.78, 5) is 14.5. The van der Waals surface area contributed by atoms with Gasteiger partial charge in [0.15, 0.2) is 0 Å². The van der Waals surface area contributed by atoms with Crippen molar-refractivity contribution in [2.45, 2.75) is 20.8 Å². The molecule has 1 aliphatic rings. The fraction of sp³-hybridized carbons (Fsp3) is 0.381. The fourth-order valence-corrected chi connectivity index (χ4v) is 4.68. The summed E-state index contributed by atoms with van der Waals surface area (Å²) in [6, 6.07) is 13.8. The number of aryl methyl sites for hydroxylation is 2. The van der Waals surface area contributed by atoms with E-state index in [4.69, 9.17) is 0 Å². The maximum atomic E-state index is 12.7. The van der Waals surface area contributed by atoms with Crippen LogP contribution >= 0.6 is 0 Å². The zero-order valence-electron chi connectivity index (χ0n) is 16.6. The second-order valence-electron chi connectivity index (χ2n) is 7.28. The molecule has 0 unspecified atom stereocenters. The minimum Gasteiger partial charge on any atom is -0.369 e. The number of piperazine rings is 1. The van der Waals surface area contributed by atoms with Crippen LogP contribution in [0.3, 0.4) is 0 Å². The van der Waals surface area contributed by atoms with Crippen molar-refractivity contribution in [3.63, 3.8) is 0 Å². The van der Waals surface area contributed by atoms with Crippen molar-refractivity contribution in [1.82, 2.24) is 4.31 Å². The number of hydrogen-bond donors (Lipinski definition) is 1. The van der Waals surface area contributed by atoms with Gasteiger partial charge in [-0.05, 0) is 55.7 Å². The Morgan fingerprint density at radius 2 is 1.68 bits per heavy atom. The molecule has 1 heterocycles. The van der Waals surface area contributed by atoms with Crippen LogP contribution in [0, 0.1) is 20.8 Å². The Morgan fingerprint density at radius 3 is 2.36 bits per heavy atom. The zero-order chi connectivity index (χ0) is 20.3. The van der Waals surface area contributed by atoms with E-state index in [1.807, 2.05) is 51.1 Å². The molecular weight excluding hydrogens is 374 g/mol. The molecule has 7 heteroatoms. The first kappa shape index (κ1) is 20.4. The van der Waals surface area contributed by atoms with Gasteiger partial charge in [0, 0.05) is 37.6 Å². The molecule has 6 nitrogen and oxygen atoms in total. The van der Waals surface area contributed by atoms with Gasteiger partial charge in [-0.25, -0.2) is 8.42 Å². The van der Waals surface area contributed by atoms with Gasteiger partial charge in [0.2, 0.25) is 15.9 Å². The Labute approximate surface area is 167 Å². The third-order valence-electron chi connectivity index (χ3n) is 5.19. The van der Waals surface area contributed by atoms with Gasteiger partial charge in [0.05, 0.1) is 0 Å². The topological polar surface area (TPSA) is 69.7 Å². The molecule has 150 valence electrons. The van der Waals surface area contributed by atoms with E-state index in [0.717, 1.165) is 16.8 Å². The number of amides is 1. The first-order chi connectivity index (χ1) is 13.3. The van der Waals surface area contributed by atoms with E-state index in [1.165, 1.54) is 9.87 Å². The summed E-state index contributed by atoms with van der Waals surface area (Å²) in [5, 5.41) is 2.73. The smallest absolute Gasteiger partial charge is 0.241 e. The lowest BCUT2D eigenvalue weighted by Crippen LogP contribution is -2.50. The average Bonchev–Trinajstić information content (AvgIpc) is 2.65. The van der Waals surface area contributed by atoms with Crippen LogP contribution in [0.15, 0.2) is 42.5 Å². The molecule has 28 heavy (non-hydrogen) atoms.